The van der Waals surface area contributed by atoms with Crippen molar-refractivity contribution in [2.45, 2.75) is 51.5 Å². The van der Waals surface area contributed by atoms with E-state index in [2.05, 4.69) is 22.5 Å². The van der Waals surface area contributed by atoms with Crippen LogP contribution in [0, 0.1) is 5.92 Å². The molecular formula is C20H35N5O3. The van der Waals surface area contributed by atoms with Gasteiger partial charge in [-0.05, 0) is 39.0 Å². The summed E-state index contributed by atoms with van der Waals surface area (Å²) in [6.07, 6.45) is 5.28. The Morgan fingerprint density at radius 2 is 1.75 bits per heavy atom. The molecule has 0 radical (unpaired) electrons. The Balaban J connectivity index is 1.41. The standard InChI is InChI=1S/C20H35N5O3/c1-2-21-20(22-9-3-4-18(26)23-17-5-6-17)25-10-7-16(8-11-25)19(27)24-12-14-28-15-13-24/h16-17H,2-15H2,1H3,(H,21,22)(H,23,26). The monoisotopic (exact) mass is 393 g/mol. The fourth-order valence-corrected chi connectivity index (χ4v) is 3.76. The van der Waals surface area contributed by atoms with E-state index in [9.17, 15) is 9.59 Å². The quantitative estimate of drug-likeness (QED) is 0.375. The lowest BCUT2D eigenvalue weighted by atomic mass is 9.95. The van der Waals surface area contributed by atoms with Gasteiger partial charge in [-0.2, -0.15) is 0 Å². The van der Waals surface area contributed by atoms with Crippen LogP contribution >= 0.6 is 0 Å². The molecule has 0 aromatic carbocycles. The summed E-state index contributed by atoms with van der Waals surface area (Å²) >= 11 is 0. The molecule has 2 saturated heterocycles. The summed E-state index contributed by atoms with van der Waals surface area (Å²) in [5.41, 5.74) is 0. The second-order valence-corrected chi connectivity index (χ2v) is 7.88. The largest absolute Gasteiger partial charge is 0.378 e. The molecule has 0 spiro atoms. The topological polar surface area (TPSA) is 86.3 Å². The molecule has 3 rings (SSSR count). The van der Waals surface area contributed by atoms with Gasteiger partial charge in [0.25, 0.3) is 0 Å². The first-order valence-electron chi connectivity index (χ1n) is 10.9. The van der Waals surface area contributed by atoms with Crippen LogP contribution in [0.2, 0.25) is 0 Å². The van der Waals surface area contributed by atoms with E-state index in [1.807, 2.05) is 4.90 Å². The number of carbonyl (C=O) groups is 2. The molecule has 28 heavy (non-hydrogen) atoms. The minimum Gasteiger partial charge on any atom is -0.378 e. The van der Waals surface area contributed by atoms with Crippen molar-refractivity contribution >= 4 is 17.8 Å². The Bertz CT molecular complexity index is 550. The predicted molar refractivity (Wildman–Crippen MR) is 108 cm³/mol. The van der Waals surface area contributed by atoms with Gasteiger partial charge >= 0.3 is 0 Å². The van der Waals surface area contributed by atoms with Crippen LogP contribution in [-0.4, -0.2) is 86.1 Å². The number of nitrogens with zero attached hydrogens (tertiary/aromatic N) is 3. The number of amides is 2. The summed E-state index contributed by atoms with van der Waals surface area (Å²) < 4.78 is 5.34. The number of hydrogen-bond acceptors (Lipinski definition) is 4. The van der Waals surface area contributed by atoms with E-state index >= 15 is 0 Å². The third kappa shape index (κ3) is 6.36. The average molecular weight is 394 g/mol. The first-order valence-corrected chi connectivity index (χ1v) is 10.9. The predicted octanol–water partition coefficient (Wildman–Crippen LogP) is 0.582. The van der Waals surface area contributed by atoms with Gasteiger partial charge in [-0.15, -0.1) is 0 Å². The summed E-state index contributed by atoms with van der Waals surface area (Å²) in [5, 5.41) is 6.37. The highest BCUT2D eigenvalue weighted by Gasteiger charge is 2.30. The Kier molecular flexibility index (Phi) is 7.94. The van der Waals surface area contributed by atoms with Crippen LogP contribution in [0.3, 0.4) is 0 Å². The minimum absolute atomic E-state index is 0.114. The van der Waals surface area contributed by atoms with E-state index in [-0.39, 0.29) is 17.7 Å². The van der Waals surface area contributed by atoms with E-state index in [1.165, 1.54) is 0 Å². The van der Waals surface area contributed by atoms with E-state index in [0.29, 0.717) is 32.2 Å². The molecule has 8 heteroatoms. The summed E-state index contributed by atoms with van der Waals surface area (Å²) in [5.74, 6) is 1.45. The molecular weight excluding hydrogens is 358 g/mol. The maximum absolute atomic E-state index is 12.7. The van der Waals surface area contributed by atoms with Crippen molar-refractivity contribution in [2.24, 2.45) is 10.9 Å². The summed E-state index contributed by atoms with van der Waals surface area (Å²) in [4.78, 5) is 33.3. The van der Waals surface area contributed by atoms with Gasteiger partial charge in [-0.1, -0.05) is 0 Å². The highest BCUT2D eigenvalue weighted by atomic mass is 16.5. The van der Waals surface area contributed by atoms with E-state index in [1.54, 1.807) is 0 Å². The summed E-state index contributed by atoms with van der Waals surface area (Å²) in [6, 6.07) is 0.426. The number of guanidine groups is 1. The van der Waals surface area contributed by atoms with Crippen LogP contribution in [0.1, 0.15) is 45.4 Å². The summed E-state index contributed by atoms with van der Waals surface area (Å²) in [6.45, 7) is 7.95. The number of carbonyl (C=O) groups excluding carboxylic acids is 2. The minimum atomic E-state index is 0.114. The molecule has 3 aliphatic rings. The van der Waals surface area contributed by atoms with Crippen LogP contribution in [-0.2, 0) is 14.3 Å². The number of piperidine rings is 1. The lowest BCUT2D eigenvalue weighted by molar-refractivity contribution is -0.140. The molecule has 2 aliphatic heterocycles. The number of ether oxygens (including phenoxy) is 1. The lowest BCUT2D eigenvalue weighted by Crippen LogP contribution is -2.50. The SMILES string of the molecule is CCNC(=NCCCC(=O)NC1CC1)N1CCC(C(=O)N2CCOCC2)CC1. The van der Waals surface area contributed by atoms with Crippen LogP contribution < -0.4 is 10.6 Å². The fraction of sp³-hybridized carbons (Fsp3) is 0.850. The van der Waals surface area contributed by atoms with E-state index < -0.39 is 0 Å². The smallest absolute Gasteiger partial charge is 0.225 e. The molecule has 2 heterocycles. The molecule has 0 bridgehead atoms. The van der Waals surface area contributed by atoms with Gasteiger partial charge in [-0.25, -0.2) is 0 Å². The number of hydrogen-bond donors (Lipinski definition) is 2. The zero-order valence-electron chi connectivity index (χ0n) is 17.1. The van der Waals surface area contributed by atoms with Gasteiger partial charge in [0.05, 0.1) is 13.2 Å². The number of rotatable bonds is 7. The molecule has 3 fully saturated rings. The van der Waals surface area contributed by atoms with Gasteiger partial charge < -0.3 is 25.2 Å². The second-order valence-electron chi connectivity index (χ2n) is 7.88. The van der Waals surface area contributed by atoms with Crippen molar-refractivity contribution in [1.82, 2.24) is 20.4 Å². The van der Waals surface area contributed by atoms with Gasteiger partial charge in [0, 0.05) is 57.6 Å². The second kappa shape index (κ2) is 10.6. The molecule has 158 valence electrons. The fourth-order valence-electron chi connectivity index (χ4n) is 3.76. The molecule has 8 nitrogen and oxygen atoms in total. The van der Waals surface area contributed by atoms with E-state index in [4.69, 9.17) is 9.73 Å². The Hall–Kier alpha value is -1.83. The van der Waals surface area contributed by atoms with Crippen LogP contribution in [0.4, 0.5) is 0 Å². The van der Waals surface area contributed by atoms with Gasteiger partial charge in [0.1, 0.15) is 0 Å². The molecule has 0 aromatic rings. The van der Waals surface area contributed by atoms with Crippen molar-refractivity contribution in [2.75, 3.05) is 52.5 Å². The molecule has 1 aliphatic carbocycles. The number of nitrogens with one attached hydrogen (secondary N) is 2. The average Bonchev–Trinajstić information content (AvgIpc) is 3.54. The Morgan fingerprint density at radius 1 is 1.04 bits per heavy atom. The summed E-state index contributed by atoms with van der Waals surface area (Å²) in [7, 11) is 0. The van der Waals surface area contributed by atoms with Crippen LogP contribution in [0.15, 0.2) is 4.99 Å². The number of aliphatic imine (C=N–C) groups is 1. The lowest BCUT2D eigenvalue weighted by Gasteiger charge is -2.36. The van der Waals surface area contributed by atoms with Gasteiger partial charge in [0.15, 0.2) is 5.96 Å². The van der Waals surface area contributed by atoms with Crippen LogP contribution in [0.25, 0.3) is 0 Å². The molecule has 2 amide bonds. The highest BCUT2D eigenvalue weighted by Crippen LogP contribution is 2.21. The zero-order valence-corrected chi connectivity index (χ0v) is 17.1. The van der Waals surface area contributed by atoms with Crippen molar-refractivity contribution in [3.8, 4) is 0 Å². The molecule has 2 N–H and O–H groups in total. The number of likely N-dealkylation sites (tertiary alicyclic amines) is 1. The maximum Gasteiger partial charge on any atom is 0.225 e. The zero-order chi connectivity index (χ0) is 19.8. The highest BCUT2D eigenvalue weighted by molar-refractivity contribution is 5.82. The Labute approximate surface area is 168 Å². The third-order valence-corrected chi connectivity index (χ3v) is 5.57. The number of morpholine rings is 1. The first-order chi connectivity index (χ1) is 13.7. The van der Waals surface area contributed by atoms with Crippen molar-refractivity contribution in [3.63, 3.8) is 0 Å². The molecule has 0 atom stereocenters. The maximum atomic E-state index is 12.7. The van der Waals surface area contributed by atoms with E-state index in [0.717, 1.165) is 70.8 Å². The van der Waals surface area contributed by atoms with Gasteiger partial charge in [0.2, 0.25) is 11.8 Å². The van der Waals surface area contributed by atoms with Crippen molar-refractivity contribution in [1.29, 1.82) is 0 Å². The normalized spacial score (nSPS) is 21.5. The molecule has 0 aromatic heterocycles. The third-order valence-electron chi connectivity index (χ3n) is 5.57. The Morgan fingerprint density at radius 3 is 2.39 bits per heavy atom. The van der Waals surface area contributed by atoms with Crippen molar-refractivity contribution in [3.05, 3.63) is 0 Å². The van der Waals surface area contributed by atoms with Crippen molar-refractivity contribution < 1.29 is 14.3 Å². The van der Waals surface area contributed by atoms with Crippen LogP contribution in [0.5, 0.6) is 0 Å². The molecule has 1 saturated carbocycles. The first kappa shape index (κ1) is 20.9. The van der Waals surface area contributed by atoms with Gasteiger partial charge in [-0.3, -0.25) is 14.6 Å². The molecule has 0 unspecified atom stereocenters.